The minimum atomic E-state index is -1.08. The molecular formula is C19H16ClN5O3S. The Morgan fingerprint density at radius 2 is 2.03 bits per heavy atom. The van der Waals surface area contributed by atoms with Gasteiger partial charge in [0, 0.05) is 10.7 Å². The summed E-state index contributed by atoms with van der Waals surface area (Å²) < 4.78 is 1.36. The molecule has 148 valence electrons. The summed E-state index contributed by atoms with van der Waals surface area (Å²) in [6, 6.07) is 13.2. The first-order chi connectivity index (χ1) is 13.9. The molecule has 2 aromatic carbocycles. The number of rotatable bonds is 5. The second-order valence-corrected chi connectivity index (χ2v) is 6.79. The minimum Gasteiger partial charge on any atom is -0.478 e. The van der Waals surface area contributed by atoms with Crippen LogP contribution in [0, 0.1) is 6.92 Å². The highest BCUT2D eigenvalue weighted by Gasteiger charge is 2.12. The van der Waals surface area contributed by atoms with Crippen LogP contribution in [0.4, 0.5) is 5.69 Å². The number of aromatic amines is 1. The summed E-state index contributed by atoms with van der Waals surface area (Å²) in [5.41, 5.74) is 4.22. The van der Waals surface area contributed by atoms with E-state index < -0.39 is 5.97 Å². The lowest BCUT2D eigenvalue weighted by Gasteiger charge is -2.09. The maximum absolute atomic E-state index is 12.6. The fourth-order valence-electron chi connectivity index (χ4n) is 2.59. The summed E-state index contributed by atoms with van der Waals surface area (Å²) in [5, 5.41) is 19.5. The van der Waals surface area contributed by atoms with E-state index >= 15 is 0 Å². The molecule has 0 saturated carbocycles. The highest BCUT2D eigenvalue weighted by molar-refractivity contribution is 7.80. The number of aryl methyl sites for hydroxylation is 1. The topological polar surface area (TPSA) is 112 Å². The molecule has 0 saturated heterocycles. The molecule has 3 rings (SSSR count). The van der Waals surface area contributed by atoms with E-state index in [0.29, 0.717) is 27.7 Å². The van der Waals surface area contributed by atoms with E-state index in [1.807, 2.05) is 0 Å². The summed E-state index contributed by atoms with van der Waals surface area (Å²) >= 11 is 11.1. The molecule has 1 heterocycles. The average molecular weight is 430 g/mol. The van der Waals surface area contributed by atoms with Gasteiger partial charge in [0.1, 0.15) is 0 Å². The number of halogens is 1. The molecule has 0 unspecified atom stereocenters. The molecule has 4 N–H and O–H groups in total. The number of anilines is 1. The Bertz CT molecular complexity index is 1170. The van der Waals surface area contributed by atoms with Crippen molar-refractivity contribution in [2.75, 3.05) is 5.32 Å². The van der Waals surface area contributed by atoms with E-state index in [-0.39, 0.29) is 16.2 Å². The molecular weight excluding hydrogens is 414 g/mol. The number of nitrogens with zero attached hydrogens (tertiary/aromatic N) is 2. The summed E-state index contributed by atoms with van der Waals surface area (Å²) in [5.74, 6) is -1.08. The number of carboxylic acid groups (broad SMARTS) is 1. The van der Waals surface area contributed by atoms with E-state index in [9.17, 15) is 14.7 Å². The van der Waals surface area contributed by atoms with Crippen LogP contribution in [-0.2, 0) is 0 Å². The van der Waals surface area contributed by atoms with Crippen molar-refractivity contribution in [1.29, 1.82) is 0 Å². The highest BCUT2D eigenvalue weighted by Crippen LogP contribution is 2.15. The van der Waals surface area contributed by atoms with Crippen LogP contribution >= 0.6 is 23.8 Å². The number of benzene rings is 2. The number of aromatic carboxylic acids is 1. The summed E-state index contributed by atoms with van der Waals surface area (Å²) in [4.78, 5) is 23.9. The molecule has 0 aliphatic rings. The van der Waals surface area contributed by atoms with Crippen LogP contribution in [0.25, 0.3) is 5.69 Å². The maximum Gasteiger partial charge on any atom is 0.337 e. The van der Waals surface area contributed by atoms with Gasteiger partial charge in [0.25, 0.3) is 5.56 Å². The average Bonchev–Trinajstić information content (AvgIpc) is 2.96. The van der Waals surface area contributed by atoms with Crippen LogP contribution < -0.4 is 16.3 Å². The number of thiocarbonyl (C=S) groups is 1. The van der Waals surface area contributed by atoms with Crippen molar-refractivity contribution in [1.82, 2.24) is 15.2 Å². The number of carboxylic acids is 1. The van der Waals surface area contributed by atoms with Gasteiger partial charge in [-0.2, -0.15) is 5.10 Å². The molecule has 0 aliphatic carbocycles. The second kappa shape index (κ2) is 8.72. The molecule has 0 spiro atoms. The summed E-state index contributed by atoms with van der Waals surface area (Å²) in [7, 11) is 0. The lowest BCUT2D eigenvalue weighted by molar-refractivity contribution is 0.0698. The Balaban J connectivity index is 1.74. The molecule has 0 bridgehead atoms. The van der Waals surface area contributed by atoms with Crippen LogP contribution in [0.5, 0.6) is 0 Å². The zero-order chi connectivity index (χ0) is 21.0. The molecule has 0 fully saturated rings. The number of hydrazone groups is 1. The zero-order valence-corrected chi connectivity index (χ0v) is 16.7. The summed E-state index contributed by atoms with van der Waals surface area (Å²) in [6.45, 7) is 1.74. The molecule has 10 heteroatoms. The van der Waals surface area contributed by atoms with Gasteiger partial charge in [-0.15, -0.1) is 0 Å². The molecule has 1 aromatic heterocycles. The third-order valence-corrected chi connectivity index (χ3v) is 4.38. The van der Waals surface area contributed by atoms with Gasteiger partial charge in [-0.3, -0.25) is 15.3 Å². The minimum absolute atomic E-state index is 0.0755. The second-order valence-electron chi connectivity index (χ2n) is 5.95. The van der Waals surface area contributed by atoms with Crippen LogP contribution in [0.3, 0.4) is 0 Å². The van der Waals surface area contributed by atoms with Gasteiger partial charge in [0.15, 0.2) is 5.11 Å². The van der Waals surface area contributed by atoms with Crippen molar-refractivity contribution in [3.63, 3.8) is 0 Å². The van der Waals surface area contributed by atoms with Crippen molar-refractivity contribution < 1.29 is 9.90 Å². The molecule has 0 amide bonds. The van der Waals surface area contributed by atoms with Crippen molar-refractivity contribution >= 4 is 46.8 Å². The molecule has 3 aromatic rings. The quantitative estimate of drug-likeness (QED) is 0.281. The Hall–Kier alpha value is -3.43. The van der Waals surface area contributed by atoms with Gasteiger partial charge in [-0.1, -0.05) is 29.8 Å². The third-order valence-electron chi connectivity index (χ3n) is 3.95. The number of nitrogens with one attached hydrogen (secondary N) is 3. The van der Waals surface area contributed by atoms with Crippen LogP contribution in [0.2, 0.25) is 5.02 Å². The van der Waals surface area contributed by atoms with Crippen LogP contribution in [-0.4, -0.2) is 32.2 Å². The van der Waals surface area contributed by atoms with Gasteiger partial charge in [0.05, 0.1) is 28.7 Å². The van der Waals surface area contributed by atoms with Gasteiger partial charge >= 0.3 is 5.97 Å². The first-order valence-electron chi connectivity index (χ1n) is 8.36. The molecule has 29 heavy (non-hydrogen) atoms. The lowest BCUT2D eigenvalue weighted by atomic mass is 10.2. The first-order valence-corrected chi connectivity index (χ1v) is 9.15. The molecule has 0 radical (unpaired) electrons. The highest BCUT2D eigenvalue weighted by atomic mass is 35.5. The van der Waals surface area contributed by atoms with Crippen molar-refractivity contribution in [2.45, 2.75) is 6.92 Å². The number of para-hydroxylation sites is 1. The predicted molar refractivity (Wildman–Crippen MR) is 116 cm³/mol. The van der Waals surface area contributed by atoms with Crippen molar-refractivity contribution in [3.8, 4) is 5.69 Å². The van der Waals surface area contributed by atoms with Crippen LogP contribution in [0.15, 0.2) is 58.4 Å². The van der Waals surface area contributed by atoms with Gasteiger partial charge in [0.2, 0.25) is 0 Å². The van der Waals surface area contributed by atoms with E-state index in [1.165, 1.54) is 17.0 Å². The predicted octanol–water partition coefficient (Wildman–Crippen LogP) is 3.15. The number of carbonyl (C=O) groups is 1. The monoisotopic (exact) mass is 429 g/mol. The van der Waals surface area contributed by atoms with Crippen LogP contribution in [0.1, 0.15) is 21.6 Å². The molecule has 0 atom stereocenters. The van der Waals surface area contributed by atoms with Gasteiger partial charge in [-0.05, 0) is 49.5 Å². The zero-order valence-electron chi connectivity index (χ0n) is 15.1. The molecule has 0 aliphatic heterocycles. The SMILES string of the molecule is Cc1[nH]n(-c2cccc(Cl)c2)c(=O)c1C=NNC(=S)Nc1ccccc1C(=O)O. The van der Waals surface area contributed by atoms with E-state index in [2.05, 4.69) is 20.9 Å². The van der Waals surface area contributed by atoms with Crippen molar-refractivity contribution in [3.05, 3.63) is 80.7 Å². The van der Waals surface area contributed by atoms with Gasteiger partial charge < -0.3 is 10.4 Å². The lowest BCUT2D eigenvalue weighted by Crippen LogP contribution is -2.25. The van der Waals surface area contributed by atoms with E-state index in [0.717, 1.165) is 0 Å². The smallest absolute Gasteiger partial charge is 0.337 e. The Kier molecular flexibility index (Phi) is 6.10. The number of aromatic nitrogens is 2. The summed E-state index contributed by atoms with van der Waals surface area (Å²) in [6.07, 6.45) is 1.34. The number of hydrogen-bond acceptors (Lipinski definition) is 4. The van der Waals surface area contributed by atoms with Gasteiger partial charge in [-0.25, -0.2) is 9.48 Å². The first kappa shape index (κ1) is 20.3. The Morgan fingerprint density at radius 3 is 2.76 bits per heavy atom. The Morgan fingerprint density at radius 1 is 1.28 bits per heavy atom. The fraction of sp³-hybridized carbons (Fsp3) is 0.0526. The number of H-pyrrole nitrogens is 1. The Labute approximate surface area is 175 Å². The molecule has 8 nitrogen and oxygen atoms in total. The number of hydrogen-bond donors (Lipinski definition) is 4. The fourth-order valence-corrected chi connectivity index (χ4v) is 2.94. The van der Waals surface area contributed by atoms with E-state index in [4.69, 9.17) is 23.8 Å². The van der Waals surface area contributed by atoms with E-state index in [1.54, 1.807) is 49.4 Å². The normalized spacial score (nSPS) is 10.8. The van der Waals surface area contributed by atoms with Crippen molar-refractivity contribution in [2.24, 2.45) is 5.10 Å². The standard InChI is InChI=1S/C19H16ClN5O3S/c1-11-15(17(26)25(24-11)13-6-4-5-12(20)9-13)10-21-23-19(29)22-16-8-3-2-7-14(16)18(27)28/h2-10,24H,1H3,(H,27,28)(H2,22,23,29). The largest absolute Gasteiger partial charge is 0.478 e. The maximum atomic E-state index is 12.6. The third kappa shape index (κ3) is 4.71.